The van der Waals surface area contributed by atoms with E-state index in [0.717, 1.165) is 51.6 Å². The summed E-state index contributed by atoms with van der Waals surface area (Å²) in [4.78, 5) is 42.1. The lowest BCUT2D eigenvalue weighted by molar-refractivity contribution is 0.0523. The number of carbonyl (C=O) groups is 2. The Hall–Kier alpha value is -3.42. The van der Waals surface area contributed by atoms with Crippen molar-refractivity contribution in [2.24, 2.45) is 0 Å². The molecule has 0 bridgehead atoms. The van der Waals surface area contributed by atoms with Crippen molar-refractivity contribution in [1.82, 2.24) is 0 Å². The van der Waals surface area contributed by atoms with Gasteiger partial charge in [-0.15, -0.1) is 0 Å². The number of esters is 2. The van der Waals surface area contributed by atoms with E-state index in [1.54, 1.807) is 33.4 Å². The third-order valence-corrected chi connectivity index (χ3v) is 12.7. The molecule has 324 valence electrons. The van der Waals surface area contributed by atoms with Crippen LogP contribution >= 0.6 is 14.7 Å². The Morgan fingerprint density at radius 3 is 1.69 bits per heavy atom. The lowest BCUT2D eigenvalue weighted by Gasteiger charge is -2.21. The maximum absolute atomic E-state index is 12.6. The Kier molecular flexibility index (Phi) is 17.9. The van der Waals surface area contributed by atoms with Crippen molar-refractivity contribution in [2.45, 2.75) is 92.3 Å². The molecule has 58 heavy (non-hydrogen) atoms. The second-order valence-corrected chi connectivity index (χ2v) is 26.6. The number of ether oxygens (including phenoxy) is 7. The number of benzene rings is 2. The van der Waals surface area contributed by atoms with E-state index < -0.39 is 35.1 Å². The number of hydrogen-bond acceptors (Lipinski definition) is 12. The van der Waals surface area contributed by atoms with Crippen LogP contribution in [-0.2, 0) is 54.1 Å². The van der Waals surface area contributed by atoms with Crippen LogP contribution in [0.15, 0.2) is 23.3 Å². The second kappa shape index (κ2) is 21.2. The van der Waals surface area contributed by atoms with Crippen molar-refractivity contribution in [3.05, 3.63) is 67.8 Å². The molecule has 0 aromatic heterocycles. The van der Waals surface area contributed by atoms with Crippen LogP contribution in [-0.4, -0.2) is 95.0 Å². The molecule has 2 heterocycles. The summed E-state index contributed by atoms with van der Waals surface area (Å²) in [7, 11) is -4.59. The van der Waals surface area contributed by atoms with Crippen LogP contribution < -0.4 is 14.2 Å². The monoisotopic (exact) mass is 868 g/mol. The van der Waals surface area contributed by atoms with Gasteiger partial charge in [-0.1, -0.05) is 45.6 Å². The van der Waals surface area contributed by atoms with Crippen LogP contribution in [0, 0.1) is 13.8 Å². The predicted molar refractivity (Wildman–Crippen MR) is 226 cm³/mol. The van der Waals surface area contributed by atoms with Crippen LogP contribution in [0.3, 0.4) is 0 Å². The summed E-state index contributed by atoms with van der Waals surface area (Å²) in [6.45, 7) is 19.5. The molecule has 0 spiro atoms. The molecule has 2 aromatic carbocycles. The Morgan fingerprint density at radius 2 is 1.22 bits per heavy atom. The van der Waals surface area contributed by atoms with Crippen molar-refractivity contribution >= 4 is 34.8 Å². The summed E-state index contributed by atoms with van der Waals surface area (Å²) < 4.78 is 61.3. The number of aromatic hydroxyl groups is 1. The van der Waals surface area contributed by atoms with E-state index in [2.05, 4.69) is 32.6 Å². The zero-order valence-corrected chi connectivity index (χ0v) is 38.7. The van der Waals surface area contributed by atoms with E-state index in [4.69, 9.17) is 42.9 Å². The van der Waals surface area contributed by atoms with Crippen LogP contribution in [0.25, 0.3) is 0 Å². The topological polar surface area (TPSA) is 194 Å². The Morgan fingerprint density at radius 1 is 0.759 bits per heavy atom. The fourth-order valence-electron chi connectivity index (χ4n) is 6.45. The largest absolute Gasteiger partial charge is 0.507 e. The third kappa shape index (κ3) is 13.6. The zero-order valence-electron chi connectivity index (χ0n) is 35.9. The molecule has 0 aliphatic carbocycles. The van der Waals surface area contributed by atoms with Crippen LogP contribution in [0.1, 0.15) is 80.8 Å². The molecule has 0 amide bonds. The SMILES string of the molecule is CC/C(=C\Cc1c(O)c2c(c(C)c1OC)COC2=O)COCP(=O)(O)O.CC/C(=C\Cc1c(OC)c(C)c2c(c1OCC[Si](C)(C)C)C(=O)OC2)COCP(C)(C)=O. The van der Waals surface area contributed by atoms with Crippen LogP contribution in [0.2, 0.25) is 25.7 Å². The highest BCUT2D eigenvalue weighted by Crippen LogP contribution is 2.44. The van der Waals surface area contributed by atoms with Gasteiger partial charge in [0.05, 0.1) is 40.4 Å². The van der Waals surface area contributed by atoms with Gasteiger partial charge in [-0.2, -0.15) is 0 Å². The molecule has 0 saturated carbocycles. The molecule has 0 radical (unpaired) electrons. The van der Waals surface area contributed by atoms with Crippen molar-refractivity contribution in [3.8, 4) is 23.0 Å². The van der Waals surface area contributed by atoms with Gasteiger partial charge in [0.2, 0.25) is 0 Å². The van der Waals surface area contributed by atoms with Crippen molar-refractivity contribution in [1.29, 1.82) is 0 Å². The molecule has 0 atom stereocenters. The molecule has 2 aromatic rings. The number of phenolic OH excluding ortho intramolecular Hbond substituents is 1. The lowest BCUT2D eigenvalue weighted by Crippen LogP contribution is -2.23. The molecule has 17 heteroatoms. The molecule has 2 aliphatic rings. The van der Waals surface area contributed by atoms with Gasteiger partial charge in [-0.25, -0.2) is 9.59 Å². The molecule has 0 fully saturated rings. The summed E-state index contributed by atoms with van der Waals surface area (Å²) >= 11 is 0. The zero-order chi connectivity index (χ0) is 43.6. The summed E-state index contributed by atoms with van der Waals surface area (Å²) in [5, 5.41) is 10.5. The molecule has 0 unspecified atom stereocenters. The summed E-state index contributed by atoms with van der Waals surface area (Å²) in [5.41, 5.74) is 7.07. The minimum atomic E-state index is -4.21. The van der Waals surface area contributed by atoms with Gasteiger partial charge in [0, 0.05) is 30.3 Å². The van der Waals surface area contributed by atoms with Gasteiger partial charge in [0.25, 0.3) is 0 Å². The number of phenols is 1. The number of carbonyl (C=O) groups excluding carboxylic acids is 2. The minimum Gasteiger partial charge on any atom is -0.507 e. The number of cyclic esters (lactones) is 2. The smallest absolute Gasteiger partial charge is 0.350 e. The number of fused-ring (bicyclic) bond motifs is 2. The number of allylic oxidation sites excluding steroid dienone is 2. The average Bonchev–Trinajstić information content (AvgIpc) is 3.72. The van der Waals surface area contributed by atoms with Gasteiger partial charge >= 0.3 is 19.5 Å². The van der Waals surface area contributed by atoms with Gasteiger partial charge in [0.1, 0.15) is 60.8 Å². The Bertz CT molecular complexity index is 1970. The van der Waals surface area contributed by atoms with Gasteiger partial charge in [-0.3, -0.25) is 4.57 Å². The van der Waals surface area contributed by atoms with E-state index >= 15 is 0 Å². The highest BCUT2D eigenvalue weighted by atomic mass is 31.2. The number of hydrogen-bond donors (Lipinski definition) is 3. The van der Waals surface area contributed by atoms with E-state index in [1.807, 2.05) is 13.8 Å². The van der Waals surface area contributed by atoms with Crippen LogP contribution in [0.5, 0.6) is 23.0 Å². The highest BCUT2D eigenvalue weighted by Gasteiger charge is 2.34. The molecule has 0 saturated heterocycles. The fraction of sp³-hybridized carbons (Fsp3) is 0.561. The average molecular weight is 869 g/mol. The first kappa shape index (κ1) is 48.9. The van der Waals surface area contributed by atoms with Crippen molar-refractivity contribution in [3.63, 3.8) is 0 Å². The molecule has 2 aliphatic heterocycles. The summed E-state index contributed by atoms with van der Waals surface area (Å²) in [6, 6.07) is 0.991. The molecule has 14 nitrogen and oxygen atoms in total. The third-order valence-electron chi connectivity index (χ3n) is 9.71. The van der Waals surface area contributed by atoms with Gasteiger partial charge in [0.15, 0.2) is 0 Å². The molecule has 4 rings (SSSR count). The predicted octanol–water partition coefficient (Wildman–Crippen LogP) is 8.28. The first-order valence-corrected chi connectivity index (χ1v) is 27.6. The van der Waals surface area contributed by atoms with Crippen molar-refractivity contribution < 1.29 is 66.8 Å². The maximum Gasteiger partial charge on any atom is 0.350 e. The normalized spacial score (nSPS) is 14.4. The molecule has 3 N–H and O–H groups in total. The van der Waals surface area contributed by atoms with E-state index in [1.165, 1.54) is 7.11 Å². The van der Waals surface area contributed by atoms with Crippen molar-refractivity contribution in [2.75, 3.05) is 60.1 Å². The van der Waals surface area contributed by atoms with Crippen LogP contribution in [0.4, 0.5) is 0 Å². The van der Waals surface area contributed by atoms with E-state index in [0.29, 0.717) is 54.2 Å². The fourth-order valence-corrected chi connectivity index (χ4v) is 8.03. The first-order valence-electron chi connectivity index (χ1n) is 19.3. The Balaban J connectivity index is 0.000000317. The van der Waals surface area contributed by atoms with Gasteiger partial charge < -0.3 is 52.6 Å². The number of methoxy groups -OCH3 is 2. The quantitative estimate of drug-likeness (QED) is 0.0498. The maximum atomic E-state index is 12.6. The summed E-state index contributed by atoms with van der Waals surface area (Å²) in [5.74, 6) is 0.760. The van der Waals surface area contributed by atoms with E-state index in [9.17, 15) is 23.8 Å². The molecular weight excluding hydrogens is 806 g/mol. The Labute approximate surface area is 343 Å². The minimum absolute atomic E-state index is 0.0661. The van der Waals surface area contributed by atoms with Gasteiger partial charge in [-0.05, 0) is 81.2 Å². The summed E-state index contributed by atoms with van der Waals surface area (Å²) in [6.07, 6.45) is 5.77. The highest BCUT2D eigenvalue weighted by molar-refractivity contribution is 7.62. The van der Waals surface area contributed by atoms with E-state index in [-0.39, 0.29) is 49.9 Å². The lowest BCUT2D eigenvalue weighted by atomic mass is 9.94. The molecular formula is C41H62O14P2Si. The second-order valence-electron chi connectivity index (χ2n) is 16.0. The number of rotatable bonds is 20. The first-order chi connectivity index (χ1) is 27.1. The standard InChI is InChI=1S/C24H39O6PSi.C17H23O8P/c1-9-18(14-28-16-31(4,5)26)10-11-19-22(27-3)17(2)20-15-30-24(25)21(20)23(19)29-12-13-32(6,7)8;1-4-11(7-24-9-26(20,21)22)5-6-12-15(18)14-13(8-25-17(14)19)10(2)16(12)23-3/h10H,9,11-16H2,1-8H3;5,18H,4,6-9H2,1-3H3,(H2,20,21,22)/b18-10+;11-5+.